The first-order valence-corrected chi connectivity index (χ1v) is 8.41. The Morgan fingerprint density at radius 3 is 2.71 bits per heavy atom. The number of thioether (sulfide) groups is 1. The van der Waals surface area contributed by atoms with Gasteiger partial charge in [-0.3, -0.25) is 4.79 Å². The van der Waals surface area contributed by atoms with E-state index in [2.05, 4.69) is 15.3 Å². The number of carbonyl (C=O) groups excluding carboxylic acids is 1. The van der Waals surface area contributed by atoms with Gasteiger partial charge in [0.2, 0.25) is 5.16 Å². The first-order chi connectivity index (χ1) is 11.5. The minimum atomic E-state index is 0.0515. The summed E-state index contributed by atoms with van der Waals surface area (Å²) >= 11 is 1.46. The summed E-state index contributed by atoms with van der Waals surface area (Å²) in [6, 6.07) is 9.49. The Bertz CT molecular complexity index is 898. The molecule has 0 aliphatic carbocycles. The summed E-state index contributed by atoms with van der Waals surface area (Å²) < 4.78 is 3.10. The number of hydrogen-bond donors (Lipinski definition) is 1. The van der Waals surface area contributed by atoms with Gasteiger partial charge in [-0.05, 0) is 38.5 Å². The minimum absolute atomic E-state index is 0.0515. The number of ketones is 1. The van der Waals surface area contributed by atoms with Crippen LogP contribution in [0.3, 0.4) is 0 Å². The Morgan fingerprint density at radius 2 is 2.04 bits per heavy atom. The molecule has 2 aromatic heterocycles. The van der Waals surface area contributed by atoms with Gasteiger partial charge in [0.15, 0.2) is 5.78 Å². The number of hydrogen-bond acceptors (Lipinski definition) is 6. The lowest BCUT2D eigenvalue weighted by atomic mass is 10.1. The van der Waals surface area contributed by atoms with E-state index in [0.717, 1.165) is 17.0 Å². The molecule has 3 rings (SSSR count). The summed E-state index contributed by atoms with van der Waals surface area (Å²) in [5, 5.41) is 13.2. The van der Waals surface area contributed by atoms with Crippen LogP contribution in [0, 0.1) is 13.8 Å². The average Bonchev–Trinajstić information content (AvgIpc) is 3.07. The summed E-state index contributed by atoms with van der Waals surface area (Å²) in [5.74, 6) is 7.28. The van der Waals surface area contributed by atoms with Gasteiger partial charge in [0, 0.05) is 17.0 Å². The SMILES string of the molecule is CC(=O)c1cccc(CSc2nnc(-n3nc(C)cc3C)n2N)c1. The highest BCUT2D eigenvalue weighted by Gasteiger charge is 2.15. The lowest BCUT2D eigenvalue weighted by molar-refractivity contribution is 0.101. The van der Waals surface area contributed by atoms with Crippen molar-refractivity contribution in [1.29, 1.82) is 0 Å². The molecule has 0 aliphatic rings. The van der Waals surface area contributed by atoms with Gasteiger partial charge in [0.05, 0.1) is 5.69 Å². The zero-order valence-electron chi connectivity index (χ0n) is 13.7. The molecular formula is C16H18N6OS. The van der Waals surface area contributed by atoms with Crippen molar-refractivity contribution in [3.63, 3.8) is 0 Å². The van der Waals surface area contributed by atoms with E-state index in [4.69, 9.17) is 5.84 Å². The standard InChI is InChI=1S/C16H18N6OS/c1-10-7-11(2)22(20-10)15-18-19-16(21(15)17)24-9-13-5-4-6-14(8-13)12(3)23/h4-8H,9,17H2,1-3H3. The summed E-state index contributed by atoms with van der Waals surface area (Å²) in [5.41, 5.74) is 3.57. The van der Waals surface area contributed by atoms with E-state index in [1.54, 1.807) is 11.6 Å². The van der Waals surface area contributed by atoms with Crippen LogP contribution < -0.4 is 5.84 Å². The molecule has 0 saturated heterocycles. The molecular weight excluding hydrogens is 324 g/mol. The highest BCUT2D eigenvalue weighted by atomic mass is 32.2. The smallest absolute Gasteiger partial charge is 0.271 e. The number of nitrogen functional groups attached to an aromatic ring is 1. The first kappa shape index (κ1) is 16.3. The molecule has 3 aromatic rings. The lowest BCUT2D eigenvalue weighted by Crippen LogP contribution is -2.17. The monoisotopic (exact) mass is 342 g/mol. The van der Waals surface area contributed by atoms with E-state index in [1.165, 1.54) is 16.4 Å². The van der Waals surface area contributed by atoms with Gasteiger partial charge in [0.1, 0.15) is 0 Å². The van der Waals surface area contributed by atoms with Crippen molar-refractivity contribution in [3.05, 3.63) is 52.8 Å². The van der Waals surface area contributed by atoms with Gasteiger partial charge in [-0.15, -0.1) is 10.2 Å². The van der Waals surface area contributed by atoms with Crippen molar-refractivity contribution in [2.24, 2.45) is 0 Å². The summed E-state index contributed by atoms with van der Waals surface area (Å²) in [7, 11) is 0. The number of carbonyl (C=O) groups is 1. The topological polar surface area (TPSA) is 91.6 Å². The van der Waals surface area contributed by atoms with Gasteiger partial charge in [-0.25, -0.2) is 9.36 Å². The third-order valence-corrected chi connectivity index (χ3v) is 4.56. The molecule has 2 heterocycles. The molecule has 7 nitrogen and oxygen atoms in total. The summed E-state index contributed by atoms with van der Waals surface area (Å²) in [6.45, 7) is 5.41. The van der Waals surface area contributed by atoms with E-state index in [9.17, 15) is 4.79 Å². The maximum Gasteiger partial charge on any atom is 0.271 e. The van der Waals surface area contributed by atoms with E-state index < -0.39 is 0 Å². The van der Waals surface area contributed by atoms with Gasteiger partial charge in [-0.2, -0.15) is 5.10 Å². The molecule has 24 heavy (non-hydrogen) atoms. The van der Waals surface area contributed by atoms with Crippen molar-refractivity contribution in [2.75, 3.05) is 5.84 Å². The molecule has 0 amide bonds. The van der Waals surface area contributed by atoms with E-state index >= 15 is 0 Å². The minimum Gasteiger partial charge on any atom is -0.334 e. The number of nitrogens with zero attached hydrogens (tertiary/aromatic N) is 5. The molecule has 0 radical (unpaired) electrons. The average molecular weight is 342 g/mol. The third-order valence-electron chi connectivity index (χ3n) is 3.55. The Labute approximate surface area is 143 Å². The van der Waals surface area contributed by atoms with Crippen molar-refractivity contribution >= 4 is 17.5 Å². The van der Waals surface area contributed by atoms with E-state index in [-0.39, 0.29) is 5.78 Å². The predicted molar refractivity (Wildman–Crippen MR) is 92.8 cm³/mol. The fraction of sp³-hybridized carbons (Fsp3) is 0.250. The Kier molecular flexibility index (Phi) is 4.39. The number of nitrogens with two attached hydrogens (primary N) is 1. The number of benzene rings is 1. The molecule has 2 N–H and O–H groups in total. The molecule has 0 fully saturated rings. The van der Waals surface area contributed by atoms with Crippen LogP contribution in [0.15, 0.2) is 35.5 Å². The van der Waals surface area contributed by atoms with Gasteiger partial charge in [-0.1, -0.05) is 30.0 Å². The predicted octanol–water partition coefficient (Wildman–Crippen LogP) is 2.29. The highest BCUT2D eigenvalue weighted by Crippen LogP contribution is 2.22. The van der Waals surface area contributed by atoms with Crippen molar-refractivity contribution in [2.45, 2.75) is 31.7 Å². The quantitative estimate of drug-likeness (QED) is 0.434. The molecule has 1 aromatic carbocycles. The second kappa shape index (κ2) is 6.48. The molecule has 0 bridgehead atoms. The zero-order valence-corrected chi connectivity index (χ0v) is 14.5. The normalized spacial score (nSPS) is 11.0. The van der Waals surface area contributed by atoms with Crippen LogP contribution in [0.4, 0.5) is 0 Å². The lowest BCUT2D eigenvalue weighted by Gasteiger charge is -2.05. The maximum atomic E-state index is 11.5. The summed E-state index contributed by atoms with van der Waals surface area (Å²) in [6.07, 6.45) is 0. The van der Waals surface area contributed by atoms with E-state index in [0.29, 0.717) is 22.4 Å². The highest BCUT2D eigenvalue weighted by molar-refractivity contribution is 7.98. The number of aryl methyl sites for hydroxylation is 2. The van der Waals surface area contributed by atoms with Gasteiger partial charge >= 0.3 is 0 Å². The van der Waals surface area contributed by atoms with Gasteiger partial charge < -0.3 is 5.84 Å². The van der Waals surface area contributed by atoms with Gasteiger partial charge in [0.25, 0.3) is 5.95 Å². The summed E-state index contributed by atoms with van der Waals surface area (Å²) in [4.78, 5) is 11.5. The van der Waals surface area contributed by atoms with E-state index in [1.807, 2.05) is 44.2 Å². The second-order valence-corrected chi connectivity index (χ2v) is 6.48. The van der Waals surface area contributed by atoms with Crippen molar-refractivity contribution in [3.8, 4) is 5.95 Å². The zero-order chi connectivity index (χ0) is 17.3. The molecule has 124 valence electrons. The van der Waals surface area contributed by atoms with Crippen LogP contribution in [0.1, 0.15) is 34.2 Å². The van der Waals surface area contributed by atoms with Crippen LogP contribution >= 0.6 is 11.8 Å². The Balaban J connectivity index is 1.79. The van der Waals surface area contributed by atoms with Crippen LogP contribution in [-0.4, -0.2) is 30.4 Å². The largest absolute Gasteiger partial charge is 0.334 e. The molecule has 0 saturated carbocycles. The Morgan fingerprint density at radius 1 is 1.25 bits per heavy atom. The van der Waals surface area contributed by atoms with Crippen molar-refractivity contribution < 1.29 is 4.79 Å². The third kappa shape index (κ3) is 3.18. The number of aromatic nitrogens is 5. The number of Topliss-reactive ketones (excluding diaryl/α,β-unsaturated/α-hetero) is 1. The molecule has 0 spiro atoms. The molecule has 8 heteroatoms. The van der Waals surface area contributed by atoms with Crippen LogP contribution in [-0.2, 0) is 5.75 Å². The molecule has 0 aliphatic heterocycles. The Hall–Kier alpha value is -2.61. The second-order valence-electron chi connectivity index (χ2n) is 5.54. The van der Waals surface area contributed by atoms with Crippen LogP contribution in [0.2, 0.25) is 0 Å². The first-order valence-electron chi connectivity index (χ1n) is 7.42. The maximum absolute atomic E-state index is 11.5. The van der Waals surface area contributed by atoms with Crippen LogP contribution in [0.25, 0.3) is 5.95 Å². The fourth-order valence-electron chi connectivity index (χ4n) is 2.37. The van der Waals surface area contributed by atoms with Crippen molar-refractivity contribution in [1.82, 2.24) is 24.7 Å². The molecule has 0 unspecified atom stereocenters. The van der Waals surface area contributed by atoms with Crippen LogP contribution in [0.5, 0.6) is 0 Å². The number of rotatable bonds is 5. The molecule has 0 atom stereocenters. The fourth-order valence-corrected chi connectivity index (χ4v) is 3.17.